The van der Waals surface area contributed by atoms with Crippen molar-refractivity contribution in [1.29, 1.82) is 0 Å². The van der Waals surface area contributed by atoms with Crippen molar-refractivity contribution in [2.75, 3.05) is 25.6 Å². The van der Waals surface area contributed by atoms with E-state index in [9.17, 15) is 19.8 Å². The summed E-state index contributed by atoms with van der Waals surface area (Å²) in [6.45, 7) is 0.948. The normalized spacial score (nSPS) is 25.7. The van der Waals surface area contributed by atoms with Crippen LogP contribution in [-0.2, 0) is 19.0 Å². The number of H-pyrrole nitrogens is 1. The van der Waals surface area contributed by atoms with Gasteiger partial charge in [0.1, 0.15) is 24.9 Å². The number of aromatic amines is 1. The van der Waals surface area contributed by atoms with Crippen molar-refractivity contribution in [2.24, 2.45) is 0 Å². The summed E-state index contributed by atoms with van der Waals surface area (Å²) in [5.41, 5.74) is 5.17. The number of anilines is 1. The predicted octanol–water partition coefficient (Wildman–Crippen LogP) is -2.10. The second kappa shape index (κ2) is 7.37. The molecule has 0 amide bonds. The molecule has 12 heteroatoms. The van der Waals surface area contributed by atoms with Gasteiger partial charge in [-0.15, -0.1) is 0 Å². The number of fused-ring (bicyclic) bond motifs is 1. The van der Waals surface area contributed by atoms with Crippen LogP contribution in [-0.4, -0.2) is 73.8 Å². The highest BCUT2D eigenvalue weighted by Gasteiger charge is 2.46. The van der Waals surface area contributed by atoms with Crippen LogP contribution in [0.1, 0.15) is 13.2 Å². The summed E-state index contributed by atoms with van der Waals surface area (Å²) in [5.74, 6) is -0.731. The molecule has 0 saturated carbocycles. The van der Waals surface area contributed by atoms with E-state index in [1.54, 1.807) is 6.92 Å². The molecule has 1 saturated heterocycles. The molecule has 0 bridgehead atoms. The Morgan fingerprint density at radius 3 is 3.00 bits per heavy atom. The number of nitrogen functional groups attached to an aromatic ring is 1. The van der Waals surface area contributed by atoms with Crippen LogP contribution in [0, 0.1) is 0 Å². The van der Waals surface area contributed by atoms with Crippen molar-refractivity contribution in [1.82, 2.24) is 19.5 Å². The van der Waals surface area contributed by atoms with Gasteiger partial charge in [0.25, 0.3) is 5.56 Å². The van der Waals surface area contributed by atoms with Crippen LogP contribution in [0.25, 0.3) is 11.2 Å². The summed E-state index contributed by atoms with van der Waals surface area (Å²) in [7, 11) is 0. The van der Waals surface area contributed by atoms with E-state index in [4.69, 9.17) is 19.9 Å². The lowest BCUT2D eigenvalue weighted by molar-refractivity contribution is -0.154. The summed E-state index contributed by atoms with van der Waals surface area (Å²) in [6, 6.07) is 0. The van der Waals surface area contributed by atoms with Gasteiger partial charge in [0.15, 0.2) is 17.4 Å². The SMILES string of the molecule is CCOC(=O)CO[C@@H]1[C@H](O)[C@@H](CO)O[C@H]1n1cnc2c(=O)[nH]c(N)nc21. The van der Waals surface area contributed by atoms with Crippen LogP contribution in [0.3, 0.4) is 0 Å². The molecule has 3 heterocycles. The molecule has 0 radical (unpaired) electrons. The maximum absolute atomic E-state index is 11.9. The number of aliphatic hydroxyl groups is 2. The molecule has 1 fully saturated rings. The number of aliphatic hydroxyl groups excluding tert-OH is 2. The maximum atomic E-state index is 11.9. The maximum Gasteiger partial charge on any atom is 0.332 e. The molecule has 2 aromatic rings. The van der Waals surface area contributed by atoms with Gasteiger partial charge in [-0.3, -0.25) is 14.3 Å². The van der Waals surface area contributed by atoms with Crippen LogP contribution in [0.5, 0.6) is 0 Å². The molecule has 1 aliphatic heterocycles. The van der Waals surface area contributed by atoms with E-state index in [0.717, 1.165) is 0 Å². The van der Waals surface area contributed by atoms with Gasteiger partial charge in [0.05, 0.1) is 19.5 Å². The minimum absolute atomic E-state index is 0.0221. The molecular formula is C14H19N5O7. The van der Waals surface area contributed by atoms with Gasteiger partial charge in [0.2, 0.25) is 5.95 Å². The van der Waals surface area contributed by atoms with E-state index < -0.39 is 49.3 Å². The number of nitrogens with two attached hydrogens (primary N) is 1. The quantitative estimate of drug-likeness (QED) is 0.413. The average Bonchev–Trinajstić information content (AvgIpc) is 3.14. The number of rotatable bonds is 6. The summed E-state index contributed by atoms with van der Waals surface area (Å²) in [4.78, 5) is 33.8. The van der Waals surface area contributed by atoms with E-state index in [1.807, 2.05) is 0 Å². The fourth-order valence-corrected chi connectivity index (χ4v) is 2.77. The largest absolute Gasteiger partial charge is 0.464 e. The van der Waals surface area contributed by atoms with Crippen LogP contribution in [0.15, 0.2) is 11.1 Å². The zero-order chi connectivity index (χ0) is 18.8. The minimum Gasteiger partial charge on any atom is -0.464 e. The Morgan fingerprint density at radius 1 is 1.54 bits per heavy atom. The molecule has 3 rings (SSSR count). The zero-order valence-corrected chi connectivity index (χ0v) is 13.9. The molecule has 4 atom stereocenters. The number of carbonyl (C=O) groups is 1. The molecule has 0 aliphatic carbocycles. The molecular weight excluding hydrogens is 350 g/mol. The number of esters is 1. The highest BCUT2D eigenvalue weighted by molar-refractivity contribution is 5.71. The van der Waals surface area contributed by atoms with Gasteiger partial charge >= 0.3 is 5.97 Å². The fraction of sp³-hybridized carbons (Fsp3) is 0.571. The number of nitrogens with one attached hydrogen (secondary N) is 1. The van der Waals surface area contributed by atoms with Crippen LogP contribution >= 0.6 is 0 Å². The second-order valence-electron chi connectivity index (χ2n) is 5.59. The van der Waals surface area contributed by atoms with E-state index in [2.05, 4.69) is 15.0 Å². The Morgan fingerprint density at radius 2 is 2.31 bits per heavy atom. The zero-order valence-electron chi connectivity index (χ0n) is 13.9. The molecule has 0 spiro atoms. The molecule has 0 unspecified atom stereocenters. The van der Waals surface area contributed by atoms with Gasteiger partial charge in [-0.2, -0.15) is 4.98 Å². The molecule has 5 N–H and O–H groups in total. The summed E-state index contributed by atoms with van der Waals surface area (Å²) in [5, 5.41) is 19.7. The number of imidazole rings is 1. The highest BCUT2D eigenvalue weighted by Crippen LogP contribution is 2.33. The van der Waals surface area contributed by atoms with Crippen molar-refractivity contribution in [2.45, 2.75) is 31.5 Å². The number of hydrogen-bond acceptors (Lipinski definition) is 10. The topological polar surface area (TPSA) is 175 Å². The summed E-state index contributed by atoms with van der Waals surface area (Å²) < 4.78 is 17.2. The van der Waals surface area contributed by atoms with Crippen LogP contribution in [0.2, 0.25) is 0 Å². The van der Waals surface area contributed by atoms with Gasteiger partial charge in [-0.1, -0.05) is 0 Å². The first-order valence-electron chi connectivity index (χ1n) is 7.90. The fourth-order valence-electron chi connectivity index (χ4n) is 2.77. The smallest absolute Gasteiger partial charge is 0.332 e. The van der Waals surface area contributed by atoms with E-state index in [0.29, 0.717) is 0 Å². The highest BCUT2D eigenvalue weighted by atomic mass is 16.6. The first kappa shape index (κ1) is 18.3. The number of nitrogens with zero attached hydrogens (tertiary/aromatic N) is 3. The van der Waals surface area contributed by atoms with Crippen LogP contribution in [0.4, 0.5) is 5.95 Å². The number of carbonyl (C=O) groups excluding carboxylic acids is 1. The summed E-state index contributed by atoms with van der Waals surface area (Å²) >= 11 is 0. The Balaban J connectivity index is 1.93. The first-order chi connectivity index (χ1) is 12.5. The average molecular weight is 369 g/mol. The van der Waals surface area contributed by atoms with Crippen molar-refractivity contribution in [3.8, 4) is 0 Å². The molecule has 142 valence electrons. The van der Waals surface area contributed by atoms with Crippen molar-refractivity contribution in [3.05, 3.63) is 16.7 Å². The molecule has 1 aliphatic rings. The molecule has 0 aromatic carbocycles. The third kappa shape index (κ3) is 3.26. The lowest BCUT2D eigenvalue weighted by Gasteiger charge is -2.21. The minimum atomic E-state index is -1.23. The summed E-state index contributed by atoms with van der Waals surface area (Å²) in [6.07, 6.45) is -2.92. The molecule has 12 nitrogen and oxygen atoms in total. The number of aromatic nitrogens is 4. The van der Waals surface area contributed by atoms with E-state index in [-0.39, 0.29) is 23.7 Å². The predicted molar refractivity (Wildman–Crippen MR) is 85.9 cm³/mol. The Kier molecular flexibility index (Phi) is 5.18. The van der Waals surface area contributed by atoms with Gasteiger partial charge in [0, 0.05) is 0 Å². The second-order valence-corrected chi connectivity index (χ2v) is 5.59. The molecule has 2 aromatic heterocycles. The molecule has 26 heavy (non-hydrogen) atoms. The van der Waals surface area contributed by atoms with Gasteiger partial charge < -0.3 is 30.2 Å². The van der Waals surface area contributed by atoms with Crippen molar-refractivity contribution >= 4 is 23.1 Å². The number of ether oxygens (including phenoxy) is 3. The van der Waals surface area contributed by atoms with Crippen LogP contribution < -0.4 is 11.3 Å². The third-order valence-electron chi connectivity index (χ3n) is 3.92. The van der Waals surface area contributed by atoms with Gasteiger partial charge in [-0.25, -0.2) is 9.78 Å². The number of hydrogen-bond donors (Lipinski definition) is 4. The van der Waals surface area contributed by atoms with Gasteiger partial charge in [-0.05, 0) is 6.92 Å². The Labute approximate surface area is 146 Å². The standard InChI is InChI=1S/C14H19N5O7/c1-2-24-7(21)4-25-10-9(22)6(3-20)26-13(10)19-5-16-8-11(19)17-14(15)18-12(8)23/h5-6,9-10,13,20,22H,2-4H2,1H3,(H3,15,17,18,23)/t6-,9-,10-,13-/m1/s1. The Hall–Kier alpha value is -2.54. The Bertz CT molecular complexity index is 850. The first-order valence-corrected chi connectivity index (χ1v) is 7.90. The monoisotopic (exact) mass is 369 g/mol. The van der Waals surface area contributed by atoms with E-state index >= 15 is 0 Å². The van der Waals surface area contributed by atoms with E-state index in [1.165, 1.54) is 10.9 Å². The lowest BCUT2D eigenvalue weighted by atomic mass is 10.1. The van der Waals surface area contributed by atoms with Crippen molar-refractivity contribution in [3.63, 3.8) is 0 Å². The van der Waals surface area contributed by atoms with Crippen molar-refractivity contribution < 1.29 is 29.2 Å². The lowest BCUT2D eigenvalue weighted by Crippen LogP contribution is -2.37. The third-order valence-corrected chi connectivity index (χ3v) is 3.92.